The van der Waals surface area contributed by atoms with Crippen LogP contribution in [0.15, 0.2) is 91.5 Å². The number of imidazole rings is 1. The van der Waals surface area contributed by atoms with E-state index >= 15 is 0 Å². The molecule has 15 heteroatoms. The minimum atomic E-state index is -1.43. The third kappa shape index (κ3) is 8.95. The van der Waals surface area contributed by atoms with Gasteiger partial charge in [-0.05, 0) is 74.1 Å². The average molecular weight is 783 g/mol. The molecule has 6 rings (SSSR count). The van der Waals surface area contributed by atoms with Gasteiger partial charge >= 0.3 is 12.1 Å². The minimum Gasteiger partial charge on any atom is -0.497 e. The van der Waals surface area contributed by atoms with E-state index < -0.39 is 53.8 Å². The molecule has 1 fully saturated rings. The van der Waals surface area contributed by atoms with Gasteiger partial charge < -0.3 is 44.6 Å². The first kappa shape index (κ1) is 40.9. The predicted octanol–water partition coefficient (Wildman–Crippen LogP) is 5.54. The Labute approximate surface area is 331 Å². The Morgan fingerprint density at radius 3 is 2.05 bits per heavy atom. The standard InChI is InChI=1S/C42H50N6O9/c1-25(2)21-31(47-40(51)57-41(3,4)5)39(50)56-35-34(49)32(55-38(35)48-24-46-33-36(43)44-23-45-37(33)48)22-54-42(26-11-9-8-10-12-26,27-13-17-29(52-6)18-14-27)28-15-19-30(53-7)20-16-28/h8-20,23-25,31-32,34-35,38,49H,21-22H2,1-7H3,(H,47,51)(H2,43,44,45)/t31?,32-,34-,35-,38-/m1/s1. The van der Waals surface area contributed by atoms with E-state index in [-0.39, 0.29) is 24.8 Å². The van der Waals surface area contributed by atoms with Gasteiger partial charge in [-0.25, -0.2) is 24.5 Å². The van der Waals surface area contributed by atoms with Gasteiger partial charge in [0.05, 0.1) is 27.2 Å². The molecule has 0 bridgehead atoms. The second kappa shape index (κ2) is 17.2. The van der Waals surface area contributed by atoms with Crippen LogP contribution in [0.25, 0.3) is 11.2 Å². The van der Waals surface area contributed by atoms with Gasteiger partial charge in [0.2, 0.25) is 0 Å². The summed E-state index contributed by atoms with van der Waals surface area (Å²) >= 11 is 0. The number of esters is 1. The van der Waals surface area contributed by atoms with Gasteiger partial charge in [0.1, 0.15) is 52.8 Å². The van der Waals surface area contributed by atoms with Crippen molar-refractivity contribution in [2.75, 3.05) is 26.6 Å². The lowest BCUT2D eigenvalue weighted by atomic mass is 9.80. The lowest BCUT2D eigenvalue weighted by Gasteiger charge is -2.37. The molecule has 0 radical (unpaired) electrons. The van der Waals surface area contributed by atoms with Crippen molar-refractivity contribution in [2.24, 2.45) is 5.92 Å². The number of fused-ring (bicyclic) bond motifs is 1. The number of nitrogens with zero attached hydrogens (tertiary/aromatic N) is 4. The zero-order valence-corrected chi connectivity index (χ0v) is 33.1. The van der Waals surface area contributed by atoms with E-state index in [1.165, 1.54) is 17.2 Å². The number of ether oxygens (including phenoxy) is 6. The topological polar surface area (TPSA) is 191 Å². The molecule has 5 aromatic rings. The molecular formula is C42H50N6O9. The van der Waals surface area contributed by atoms with Crippen molar-refractivity contribution in [2.45, 2.75) is 82.8 Å². The van der Waals surface area contributed by atoms with Gasteiger partial charge in [-0.3, -0.25) is 4.57 Å². The molecule has 1 unspecified atom stereocenters. The highest BCUT2D eigenvalue weighted by molar-refractivity contribution is 5.82. The lowest BCUT2D eigenvalue weighted by Crippen LogP contribution is -2.47. The number of nitrogen functional groups attached to an aromatic ring is 1. The smallest absolute Gasteiger partial charge is 0.408 e. The van der Waals surface area contributed by atoms with Gasteiger partial charge in [0.25, 0.3) is 0 Å². The van der Waals surface area contributed by atoms with Crippen molar-refractivity contribution >= 4 is 29.0 Å². The van der Waals surface area contributed by atoms with Crippen LogP contribution in [0.1, 0.15) is 64.0 Å². The Morgan fingerprint density at radius 2 is 1.49 bits per heavy atom. The zero-order valence-electron chi connectivity index (χ0n) is 33.1. The van der Waals surface area contributed by atoms with E-state index in [0.29, 0.717) is 22.7 Å². The number of anilines is 1. The van der Waals surface area contributed by atoms with E-state index in [4.69, 9.17) is 34.2 Å². The predicted molar refractivity (Wildman–Crippen MR) is 210 cm³/mol. The van der Waals surface area contributed by atoms with Crippen LogP contribution in [-0.4, -0.2) is 87.5 Å². The molecule has 0 spiro atoms. The monoisotopic (exact) mass is 782 g/mol. The molecule has 302 valence electrons. The number of alkyl carbamates (subject to hydrolysis) is 1. The summed E-state index contributed by atoms with van der Waals surface area (Å²) in [5.41, 5.74) is 7.00. The number of amides is 1. The zero-order chi connectivity index (χ0) is 40.9. The molecule has 1 saturated heterocycles. The van der Waals surface area contributed by atoms with Crippen molar-refractivity contribution < 1.29 is 43.1 Å². The number of aromatic nitrogens is 4. The molecule has 0 aliphatic carbocycles. The number of rotatable bonds is 14. The number of nitrogens with two attached hydrogens (primary N) is 1. The second-order valence-electron chi connectivity index (χ2n) is 15.2. The molecule has 15 nitrogen and oxygen atoms in total. The maximum Gasteiger partial charge on any atom is 0.408 e. The highest BCUT2D eigenvalue weighted by Gasteiger charge is 2.50. The van der Waals surface area contributed by atoms with E-state index in [2.05, 4.69) is 20.3 Å². The molecule has 57 heavy (non-hydrogen) atoms. The number of nitrogens with one attached hydrogen (secondary N) is 1. The van der Waals surface area contributed by atoms with E-state index in [1.54, 1.807) is 35.0 Å². The summed E-state index contributed by atoms with van der Waals surface area (Å²) in [5.74, 6) is 0.648. The number of hydrogen-bond acceptors (Lipinski definition) is 13. The summed E-state index contributed by atoms with van der Waals surface area (Å²) in [6.07, 6.45) is -2.79. The first-order valence-corrected chi connectivity index (χ1v) is 18.7. The molecule has 3 aromatic carbocycles. The summed E-state index contributed by atoms with van der Waals surface area (Å²) in [7, 11) is 3.20. The Balaban J connectivity index is 1.39. The van der Waals surface area contributed by atoms with Crippen molar-refractivity contribution in [3.8, 4) is 11.5 Å². The molecule has 3 heterocycles. The number of benzene rings is 3. The fourth-order valence-electron chi connectivity index (χ4n) is 6.90. The second-order valence-corrected chi connectivity index (χ2v) is 15.2. The van der Waals surface area contributed by atoms with Crippen molar-refractivity contribution in [1.29, 1.82) is 0 Å². The number of hydrogen-bond donors (Lipinski definition) is 3. The summed E-state index contributed by atoms with van der Waals surface area (Å²) in [5, 5.41) is 14.8. The SMILES string of the molecule is COc1ccc(C(OC[C@H]2O[C@@H](n3cnc4c(N)ncnc43)[C@H](OC(=O)C(CC(C)C)NC(=O)OC(C)(C)C)[C@@H]2O)(c2ccccc2)c2ccc(OC)cc2)cc1. The molecule has 1 amide bonds. The molecule has 5 atom stereocenters. The number of aliphatic hydroxyl groups excluding tert-OH is 1. The molecular weight excluding hydrogens is 732 g/mol. The van der Waals surface area contributed by atoms with E-state index in [9.17, 15) is 14.7 Å². The van der Waals surface area contributed by atoms with Crippen LogP contribution in [0.3, 0.4) is 0 Å². The maximum atomic E-state index is 14.0. The number of carbonyl (C=O) groups excluding carboxylic acids is 2. The average Bonchev–Trinajstić information content (AvgIpc) is 3.75. The van der Waals surface area contributed by atoms with Crippen LogP contribution in [0, 0.1) is 5.92 Å². The minimum absolute atomic E-state index is 0.0153. The summed E-state index contributed by atoms with van der Waals surface area (Å²) < 4.78 is 37.7. The third-order valence-corrected chi connectivity index (χ3v) is 9.55. The maximum absolute atomic E-state index is 14.0. The van der Waals surface area contributed by atoms with Crippen molar-refractivity contribution in [1.82, 2.24) is 24.8 Å². The molecule has 0 saturated carbocycles. The van der Waals surface area contributed by atoms with E-state index in [1.807, 2.05) is 92.7 Å². The largest absolute Gasteiger partial charge is 0.497 e. The van der Waals surface area contributed by atoms with Gasteiger partial charge in [0, 0.05) is 0 Å². The Hall–Kier alpha value is -5.77. The molecule has 1 aliphatic heterocycles. The van der Waals surface area contributed by atoms with Crippen molar-refractivity contribution in [3.05, 3.63) is 108 Å². The Bertz CT molecular complexity index is 2070. The van der Waals surface area contributed by atoms with E-state index in [0.717, 1.165) is 16.7 Å². The normalized spacial score (nSPS) is 19.0. The Morgan fingerprint density at radius 1 is 0.895 bits per heavy atom. The quantitative estimate of drug-likeness (QED) is 0.0941. The fourth-order valence-corrected chi connectivity index (χ4v) is 6.90. The van der Waals surface area contributed by atoms with Crippen LogP contribution in [0.4, 0.5) is 10.6 Å². The first-order valence-electron chi connectivity index (χ1n) is 18.7. The lowest BCUT2D eigenvalue weighted by molar-refractivity contribution is -0.161. The van der Waals surface area contributed by atoms with Gasteiger partial charge in [-0.15, -0.1) is 0 Å². The van der Waals surface area contributed by atoms with Crippen LogP contribution >= 0.6 is 0 Å². The van der Waals surface area contributed by atoms with Crippen LogP contribution in [0.2, 0.25) is 0 Å². The summed E-state index contributed by atoms with van der Waals surface area (Å²) in [6, 6.07) is 23.7. The van der Waals surface area contributed by atoms with Crippen LogP contribution in [0.5, 0.6) is 11.5 Å². The fraction of sp³-hybridized carbons (Fsp3) is 0.405. The summed E-state index contributed by atoms with van der Waals surface area (Å²) in [4.78, 5) is 39.7. The first-order chi connectivity index (χ1) is 27.2. The van der Waals surface area contributed by atoms with Gasteiger partial charge in [0.15, 0.2) is 23.8 Å². The van der Waals surface area contributed by atoms with Gasteiger partial charge in [-0.2, -0.15) is 0 Å². The molecule has 1 aliphatic rings. The highest BCUT2D eigenvalue weighted by atomic mass is 16.6. The number of methoxy groups -OCH3 is 2. The highest BCUT2D eigenvalue weighted by Crippen LogP contribution is 2.43. The van der Waals surface area contributed by atoms with Crippen LogP contribution in [-0.2, 0) is 29.3 Å². The molecule has 2 aromatic heterocycles. The molecule has 4 N–H and O–H groups in total. The number of carbonyl (C=O) groups is 2. The summed E-state index contributed by atoms with van der Waals surface area (Å²) in [6.45, 7) is 8.81. The van der Waals surface area contributed by atoms with Crippen LogP contribution < -0.4 is 20.5 Å². The number of aliphatic hydroxyl groups is 1. The van der Waals surface area contributed by atoms with Crippen molar-refractivity contribution in [3.63, 3.8) is 0 Å². The van der Waals surface area contributed by atoms with Gasteiger partial charge in [-0.1, -0.05) is 68.4 Å². The Kier molecular flexibility index (Phi) is 12.3. The third-order valence-electron chi connectivity index (χ3n) is 9.55.